The van der Waals surface area contributed by atoms with Crippen LogP contribution in [0.15, 0.2) is 48.5 Å². The number of anilines is 2. The molecule has 1 N–H and O–H groups in total. The molecule has 2 aromatic rings. The standard InChI is InChI=1S/C20H19F3N2O3/c1-2-28-15-9-7-14(8-10-15)24-19(27)13-11-18(26)25(12-13)17-6-4-3-5-16(17)20(21,22)23/h3-10,13H,2,11-12H2,1H3,(H,24,27). The highest BCUT2D eigenvalue weighted by Crippen LogP contribution is 2.38. The number of nitrogens with zero attached hydrogens (tertiary/aromatic N) is 1. The van der Waals surface area contributed by atoms with Crippen molar-refractivity contribution in [2.75, 3.05) is 23.4 Å². The fraction of sp³-hybridized carbons (Fsp3) is 0.300. The molecule has 2 amide bonds. The molecule has 1 fully saturated rings. The summed E-state index contributed by atoms with van der Waals surface area (Å²) in [5.74, 6) is -1.00. The SMILES string of the molecule is CCOc1ccc(NC(=O)C2CC(=O)N(c3ccccc3C(F)(F)F)C2)cc1. The Balaban J connectivity index is 1.72. The molecule has 8 heteroatoms. The maximum Gasteiger partial charge on any atom is 0.418 e. The van der Waals surface area contributed by atoms with Crippen LogP contribution in [0.3, 0.4) is 0 Å². The van der Waals surface area contributed by atoms with E-state index in [9.17, 15) is 22.8 Å². The first kappa shape index (κ1) is 19.7. The lowest BCUT2D eigenvalue weighted by atomic mass is 10.1. The van der Waals surface area contributed by atoms with Crippen LogP contribution >= 0.6 is 0 Å². The van der Waals surface area contributed by atoms with Crippen molar-refractivity contribution in [1.82, 2.24) is 0 Å². The fourth-order valence-electron chi connectivity index (χ4n) is 3.11. The summed E-state index contributed by atoms with van der Waals surface area (Å²) in [5, 5.41) is 2.70. The van der Waals surface area contributed by atoms with Crippen LogP contribution < -0.4 is 15.0 Å². The number of hydrogen-bond donors (Lipinski definition) is 1. The largest absolute Gasteiger partial charge is 0.494 e. The third-order valence-electron chi connectivity index (χ3n) is 4.43. The highest BCUT2D eigenvalue weighted by molar-refractivity contribution is 6.03. The minimum absolute atomic E-state index is 0.102. The van der Waals surface area contributed by atoms with Crippen LogP contribution in [-0.4, -0.2) is 25.0 Å². The number of nitrogens with one attached hydrogen (secondary N) is 1. The number of ether oxygens (including phenoxy) is 1. The van der Waals surface area contributed by atoms with Gasteiger partial charge in [0.2, 0.25) is 11.8 Å². The molecule has 0 saturated carbocycles. The number of carbonyl (C=O) groups excluding carboxylic acids is 2. The van der Waals surface area contributed by atoms with Crippen LogP contribution in [0, 0.1) is 5.92 Å². The summed E-state index contributed by atoms with van der Waals surface area (Å²) in [4.78, 5) is 25.8. The van der Waals surface area contributed by atoms with E-state index in [1.54, 1.807) is 24.3 Å². The van der Waals surface area contributed by atoms with Gasteiger partial charge in [-0.1, -0.05) is 12.1 Å². The van der Waals surface area contributed by atoms with Crippen molar-refractivity contribution in [1.29, 1.82) is 0 Å². The van der Waals surface area contributed by atoms with Crippen molar-refractivity contribution >= 4 is 23.2 Å². The molecular weight excluding hydrogens is 373 g/mol. The average Bonchev–Trinajstić information content (AvgIpc) is 3.05. The third kappa shape index (κ3) is 4.27. The number of para-hydroxylation sites is 1. The summed E-state index contributed by atoms with van der Waals surface area (Å²) in [7, 11) is 0. The summed E-state index contributed by atoms with van der Waals surface area (Å²) in [6.45, 7) is 2.27. The molecule has 0 radical (unpaired) electrons. The third-order valence-corrected chi connectivity index (χ3v) is 4.43. The molecule has 3 rings (SSSR count). The smallest absolute Gasteiger partial charge is 0.418 e. The lowest BCUT2D eigenvalue weighted by molar-refractivity contribution is -0.137. The first-order chi connectivity index (χ1) is 13.3. The Morgan fingerprint density at radius 2 is 1.86 bits per heavy atom. The minimum Gasteiger partial charge on any atom is -0.494 e. The monoisotopic (exact) mass is 392 g/mol. The first-order valence-electron chi connectivity index (χ1n) is 8.80. The van der Waals surface area contributed by atoms with Crippen molar-refractivity contribution < 1.29 is 27.5 Å². The van der Waals surface area contributed by atoms with Gasteiger partial charge < -0.3 is 15.0 Å². The van der Waals surface area contributed by atoms with Crippen molar-refractivity contribution in [3.8, 4) is 5.75 Å². The van der Waals surface area contributed by atoms with E-state index in [0.717, 1.165) is 11.0 Å². The zero-order valence-corrected chi connectivity index (χ0v) is 15.1. The summed E-state index contributed by atoms with van der Waals surface area (Å²) >= 11 is 0. The van der Waals surface area contributed by atoms with E-state index < -0.39 is 29.5 Å². The van der Waals surface area contributed by atoms with E-state index in [1.165, 1.54) is 18.2 Å². The zero-order valence-electron chi connectivity index (χ0n) is 15.1. The molecule has 1 heterocycles. The molecule has 0 bridgehead atoms. The molecule has 1 saturated heterocycles. The van der Waals surface area contributed by atoms with Crippen LogP contribution in [0.1, 0.15) is 18.9 Å². The molecule has 148 valence electrons. The molecule has 1 atom stereocenters. The number of rotatable bonds is 5. The van der Waals surface area contributed by atoms with E-state index in [0.29, 0.717) is 18.0 Å². The number of amides is 2. The summed E-state index contributed by atoms with van der Waals surface area (Å²) in [6.07, 6.45) is -4.73. The lowest BCUT2D eigenvalue weighted by Crippen LogP contribution is -2.29. The number of hydrogen-bond acceptors (Lipinski definition) is 3. The van der Waals surface area contributed by atoms with E-state index in [4.69, 9.17) is 4.74 Å². The van der Waals surface area contributed by atoms with Gasteiger partial charge in [-0.05, 0) is 43.3 Å². The maximum atomic E-state index is 13.2. The van der Waals surface area contributed by atoms with E-state index in [2.05, 4.69) is 5.32 Å². The van der Waals surface area contributed by atoms with Crippen LogP contribution in [0.4, 0.5) is 24.5 Å². The summed E-state index contributed by atoms with van der Waals surface area (Å²) in [6, 6.07) is 11.6. The van der Waals surface area contributed by atoms with Gasteiger partial charge >= 0.3 is 6.18 Å². The molecule has 0 aromatic heterocycles. The van der Waals surface area contributed by atoms with Gasteiger partial charge in [-0.25, -0.2) is 0 Å². The number of carbonyl (C=O) groups is 2. The Morgan fingerprint density at radius 1 is 1.18 bits per heavy atom. The van der Waals surface area contributed by atoms with Crippen LogP contribution in [0.5, 0.6) is 5.75 Å². The zero-order chi connectivity index (χ0) is 20.3. The molecule has 1 aliphatic heterocycles. The Morgan fingerprint density at radius 3 is 2.50 bits per heavy atom. The Labute approximate surface area is 160 Å². The topological polar surface area (TPSA) is 58.6 Å². The summed E-state index contributed by atoms with van der Waals surface area (Å²) < 4.78 is 45.0. The maximum absolute atomic E-state index is 13.2. The van der Waals surface area contributed by atoms with Crippen molar-refractivity contribution in [3.05, 3.63) is 54.1 Å². The number of alkyl halides is 3. The molecule has 0 aliphatic carbocycles. The van der Waals surface area contributed by atoms with Gasteiger partial charge in [-0.2, -0.15) is 13.2 Å². The van der Waals surface area contributed by atoms with Gasteiger partial charge in [-0.15, -0.1) is 0 Å². The number of halogens is 3. The molecule has 1 aliphatic rings. The quantitative estimate of drug-likeness (QED) is 0.834. The average molecular weight is 392 g/mol. The van der Waals surface area contributed by atoms with Gasteiger partial charge in [0.15, 0.2) is 0 Å². The van der Waals surface area contributed by atoms with Crippen molar-refractivity contribution in [2.45, 2.75) is 19.5 Å². The molecule has 5 nitrogen and oxygen atoms in total. The van der Waals surface area contributed by atoms with Gasteiger partial charge in [0, 0.05) is 18.7 Å². The molecule has 28 heavy (non-hydrogen) atoms. The highest BCUT2D eigenvalue weighted by Gasteiger charge is 2.40. The second-order valence-corrected chi connectivity index (χ2v) is 6.37. The number of benzene rings is 2. The molecule has 2 aromatic carbocycles. The van der Waals surface area contributed by atoms with Gasteiger partial charge in [0.25, 0.3) is 0 Å². The van der Waals surface area contributed by atoms with Gasteiger partial charge in [-0.3, -0.25) is 9.59 Å². The van der Waals surface area contributed by atoms with Gasteiger partial charge in [0.05, 0.1) is 23.8 Å². The van der Waals surface area contributed by atoms with Crippen LogP contribution in [-0.2, 0) is 15.8 Å². The van der Waals surface area contributed by atoms with Crippen LogP contribution in [0.2, 0.25) is 0 Å². The lowest BCUT2D eigenvalue weighted by Gasteiger charge is -2.21. The van der Waals surface area contributed by atoms with Crippen molar-refractivity contribution in [3.63, 3.8) is 0 Å². The second-order valence-electron chi connectivity index (χ2n) is 6.37. The predicted octanol–water partition coefficient (Wildman–Crippen LogP) is 4.10. The van der Waals surface area contributed by atoms with Crippen molar-refractivity contribution in [2.24, 2.45) is 5.92 Å². The predicted molar refractivity (Wildman–Crippen MR) is 98.1 cm³/mol. The Kier molecular flexibility index (Phi) is 5.58. The van der Waals surface area contributed by atoms with E-state index >= 15 is 0 Å². The van der Waals surface area contributed by atoms with E-state index in [1.807, 2.05) is 6.92 Å². The highest BCUT2D eigenvalue weighted by atomic mass is 19.4. The molecule has 0 spiro atoms. The Bertz CT molecular complexity index is 866. The van der Waals surface area contributed by atoms with E-state index in [-0.39, 0.29) is 18.7 Å². The van der Waals surface area contributed by atoms with Gasteiger partial charge in [0.1, 0.15) is 5.75 Å². The summed E-state index contributed by atoms with van der Waals surface area (Å²) in [5.41, 5.74) is -0.595. The van der Waals surface area contributed by atoms with Crippen LogP contribution in [0.25, 0.3) is 0 Å². The minimum atomic E-state index is -4.58. The fourth-order valence-corrected chi connectivity index (χ4v) is 3.11. The normalized spacial score (nSPS) is 16.9. The first-order valence-corrected chi connectivity index (χ1v) is 8.80. The second kappa shape index (κ2) is 7.92. The Hall–Kier alpha value is -3.03. The molecular formula is C20H19F3N2O3. The molecule has 1 unspecified atom stereocenters.